The van der Waals surface area contributed by atoms with Crippen molar-refractivity contribution in [1.82, 2.24) is 14.8 Å². The molecule has 0 bridgehead atoms. The van der Waals surface area contributed by atoms with Crippen LogP contribution < -0.4 is 0 Å². The number of nitrogens with zero attached hydrogens (tertiary/aromatic N) is 3. The van der Waals surface area contributed by atoms with Gasteiger partial charge in [-0.25, -0.2) is 0 Å². The van der Waals surface area contributed by atoms with Gasteiger partial charge in [0.2, 0.25) is 0 Å². The zero-order valence-corrected chi connectivity index (χ0v) is 13.6. The fourth-order valence-electron chi connectivity index (χ4n) is 2.94. The molecule has 1 aromatic rings. The van der Waals surface area contributed by atoms with Crippen LogP contribution in [0.25, 0.3) is 0 Å². The van der Waals surface area contributed by atoms with Crippen LogP contribution in [-0.2, 0) is 0 Å². The second-order valence-corrected chi connectivity index (χ2v) is 6.51. The van der Waals surface area contributed by atoms with Crippen molar-refractivity contribution in [3.63, 3.8) is 0 Å². The van der Waals surface area contributed by atoms with Crippen LogP contribution in [0.15, 0.2) is 24.4 Å². The molecule has 0 aliphatic carbocycles. The van der Waals surface area contributed by atoms with Crippen molar-refractivity contribution in [1.29, 1.82) is 0 Å². The van der Waals surface area contributed by atoms with Crippen molar-refractivity contribution in [3.8, 4) is 0 Å². The lowest BCUT2D eigenvalue weighted by Crippen LogP contribution is -2.42. The summed E-state index contributed by atoms with van der Waals surface area (Å²) >= 11 is 0. The number of likely N-dealkylation sites (N-methyl/N-ethyl adjacent to an activating group) is 1. The molecule has 1 aliphatic rings. The van der Waals surface area contributed by atoms with E-state index in [0.717, 1.165) is 31.2 Å². The zero-order valence-electron chi connectivity index (χ0n) is 13.6. The molecule has 2 rings (SSSR count). The average molecular weight is 291 g/mol. The first-order valence-electron chi connectivity index (χ1n) is 8.08. The van der Waals surface area contributed by atoms with Crippen molar-refractivity contribution < 1.29 is 5.11 Å². The summed E-state index contributed by atoms with van der Waals surface area (Å²) in [6.45, 7) is 8.17. The van der Waals surface area contributed by atoms with E-state index in [1.54, 1.807) is 0 Å². The number of pyridine rings is 1. The Hall–Kier alpha value is -0.970. The molecule has 4 heteroatoms. The van der Waals surface area contributed by atoms with E-state index >= 15 is 0 Å². The van der Waals surface area contributed by atoms with Gasteiger partial charge in [-0.1, -0.05) is 13.0 Å². The molecule has 1 N–H and O–H groups in total. The van der Waals surface area contributed by atoms with Crippen molar-refractivity contribution in [2.75, 3.05) is 33.2 Å². The highest BCUT2D eigenvalue weighted by Crippen LogP contribution is 2.18. The van der Waals surface area contributed by atoms with Gasteiger partial charge in [-0.2, -0.15) is 0 Å². The quantitative estimate of drug-likeness (QED) is 0.872. The first-order valence-corrected chi connectivity index (χ1v) is 8.08. The number of β-amino-alcohol motifs (C(OH)–C–C–N with tert-alkyl or cyclic N) is 1. The van der Waals surface area contributed by atoms with Gasteiger partial charge in [-0.15, -0.1) is 0 Å². The van der Waals surface area contributed by atoms with Gasteiger partial charge in [0.05, 0.1) is 11.8 Å². The van der Waals surface area contributed by atoms with E-state index in [0.29, 0.717) is 6.54 Å². The van der Waals surface area contributed by atoms with E-state index in [9.17, 15) is 5.11 Å². The standard InChI is InChI=1S/C17H29N3O/c1-14-7-10-20(11-8-14)13-16(21)12-19(3)15(2)17-6-4-5-9-18-17/h4-6,9,14-16,21H,7-8,10-13H2,1-3H3. The highest BCUT2D eigenvalue weighted by molar-refractivity contribution is 5.07. The number of aromatic nitrogens is 1. The van der Waals surface area contributed by atoms with E-state index < -0.39 is 0 Å². The highest BCUT2D eigenvalue weighted by Gasteiger charge is 2.21. The number of rotatable bonds is 6. The first kappa shape index (κ1) is 16.4. The minimum absolute atomic E-state index is 0.224. The topological polar surface area (TPSA) is 39.6 Å². The molecule has 2 atom stereocenters. The van der Waals surface area contributed by atoms with E-state index in [1.807, 2.05) is 24.4 Å². The monoisotopic (exact) mass is 291 g/mol. The molecule has 1 aromatic heterocycles. The molecule has 1 saturated heterocycles. The lowest BCUT2D eigenvalue weighted by atomic mass is 9.99. The zero-order chi connectivity index (χ0) is 15.2. The minimum Gasteiger partial charge on any atom is -0.390 e. The summed E-state index contributed by atoms with van der Waals surface area (Å²) in [6.07, 6.45) is 4.04. The predicted molar refractivity (Wildman–Crippen MR) is 86.1 cm³/mol. The summed E-state index contributed by atoms with van der Waals surface area (Å²) in [6, 6.07) is 6.21. The van der Waals surface area contributed by atoms with Gasteiger partial charge in [-0.3, -0.25) is 9.88 Å². The molecule has 0 aromatic carbocycles. The summed E-state index contributed by atoms with van der Waals surface area (Å²) in [5.41, 5.74) is 1.05. The van der Waals surface area contributed by atoms with Crippen LogP contribution in [0, 0.1) is 5.92 Å². The Bertz CT molecular complexity index is 404. The average Bonchev–Trinajstić information content (AvgIpc) is 2.49. The Morgan fingerprint density at radius 1 is 1.38 bits per heavy atom. The summed E-state index contributed by atoms with van der Waals surface area (Å²) in [7, 11) is 2.06. The maximum Gasteiger partial charge on any atom is 0.0793 e. The Morgan fingerprint density at radius 2 is 2.10 bits per heavy atom. The Kier molecular flexibility index (Phi) is 6.15. The number of hydrogen-bond donors (Lipinski definition) is 1. The van der Waals surface area contributed by atoms with Gasteiger partial charge in [-0.05, 0) is 58.0 Å². The van der Waals surface area contributed by atoms with Crippen LogP contribution in [0.4, 0.5) is 0 Å². The largest absolute Gasteiger partial charge is 0.390 e. The third-order valence-electron chi connectivity index (χ3n) is 4.62. The Morgan fingerprint density at radius 3 is 2.71 bits per heavy atom. The van der Waals surface area contributed by atoms with E-state index in [-0.39, 0.29) is 12.1 Å². The first-order chi connectivity index (χ1) is 10.1. The van der Waals surface area contributed by atoms with Crippen molar-refractivity contribution in [2.45, 2.75) is 38.8 Å². The molecule has 2 heterocycles. The molecule has 0 spiro atoms. The fraction of sp³-hybridized carbons (Fsp3) is 0.706. The van der Waals surface area contributed by atoms with Crippen LogP contribution >= 0.6 is 0 Å². The lowest BCUT2D eigenvalue weighted by Gasteiger charge is -2.33. The van der Waals surface area contributed by atoms with E-state index in [2.05, 4.69) is 35.7 Å². The lowest BCUT2D eigenvalue weighted by molar-refractivity contribution is 0.0584. The van der Waals surface area contributed by atoms with E-state index in [1.165, 1.54) is 12.8 Å². The molecule has 0 radical (unpaired) electrons. The van der Waals surface area contributed by atoms with Gasteiger partial charge in [0, 0.05) is 25.3 Å². The smallest absolute Gasteiger partial charge is 0.0793 e. The molecule has 21 heavy (non-hydrogen) atoms. The minimum atomic E-state index is -0.297. The maximum absolute atomic E-state index is 10.3. The molecule has 2 unspecified atom stereocenters. The predicted octanol–water partition coefficient (Wildman–Crippen LogP) is 2.17. The number of aliphatic hydroxyl groups is 1. The van der Waals surface area contributed by atoms with Gasteiger partial charge < -0.3 is 10.0 Å². The number of aliphatic hydroxyl groups excluding tert-OH is 1. The van der Waals surface area contributed by atoms with Gasteiger partial charge in [0.25, 0.3) is 0 Å². The van der Waals surface area contributed by atoms with E-state index in [4.69, 9.17) is 0 Å². The Balaban J connectivity index is 1.78. The molecule has 4 nitrogen and oxygen atoms in total. The summed E-state index contributed by atoms with van der Waals surface area (Å²) in [4.78, 5) is 8.97. The SMILES string of the molecule is CC1CCN(CC(O)CN(C)C(C)c2ccccn2)CC1. The normalized spacial score (nSPS) is 20.6. The van der Waals surface area contributed by atoms with Crippen LogP contribution in [0.5, 0.6) is 0 Å². The van der Waals surface area contributed by atoms with Crippen molar-refractivity contribution in [2.24, 2.45) is 5.92 Å². The van der Waals surface area contributed by atoms with Gasteiger partial charge >= 0.3 is 0 Å². The Labute approximate surface area is 128 Å². The second kappa shape index (κ2) is 7.87. The summed E-state index contributed by atoms with van der Waals surface area (Å²) in [5, 5.41) is 10.3. The molecular weight excluding hydrogens is 262 g/mol. The molecular formula is C17H29N3O. The number of piperidine rings is 1. The maximum atomic E-state index is 10.3. The summed E-state index contributed by atoms with van der Waals surface area (Å²) in [5.74, 6) is 0.838. The molecule has 1 fully saturated rings. The molecule has 118 valence electrons. The highest BCUT2D eigenvalue weighted by atomic mass is 16.3. The third-order valence-corrected chi connectivity index (χ3v) is 4.62. The van der Waals surface area contributed by atoms with Gasteiger partial charge in [0.1, 0.15) is 0 Å². The molecule has 1 aliphatic heterocycles. The van der Waals surface area contributed by atoms with Crippen LogP contribution in [-0.4, -0.2) is 59.2 Å². The fourth-order valence-corrected chi connectivity index (χ4v) is 2.94. The van der Waals surface area contributed by atoms with Crippen LogP contribution in [0.2, 0.25) is 0 Å². The van der Waals surface area contributed by atoms with Crippen molar-refractivity contribution >= 4 is 0 Å². The summed E-state index contributed by atoms with van der Waals surface area (Å²) < 4.78 is 0. The molecule has 0 amide bonds. The van der Waals surface area contributed by atoms with Gasteiger partial charge in [0.15, 0.2) is 0 Å². The molecule has 0 saturated carbocycles. The third kappa shape index (κ3) is 5.06. The van der Waals surface area contributed by atoms with Crippen LogP contribution in [0.3, 0.4) is 0 Å². The second-order valence-electron chi connectivity index (χ2n) is 6.51. The van der Waals surface area contributed by atoms with Crippen molar-refractivity contribution in [3.05, 3.63) is 30.1 Å². The number of likely N-dealkylation sites (tertiary alicyclic amines) is 1. The van der Waals surface area contributed by atoms with Crippen LogP contribution in [0.1, 0.15) is 38.4 Å². The number of hydrogen-bond acceptors (Lipinski definition) is 4.